The molecule has 1 aromatic rings. The molecular weight excluding hydrogens is 167 g/mol. The van der Waals surface area contributed by atoms with E-state index in [2.05, 4.69) is 4.98 Å². The molecule has 0 fully saturated rings. The first-order chi connectivity index (χ1) is 5.20. The van der Waals surface area contributed by atoms with Crippen molar-refractivity contribution in [3.8, 4) is 0 Å². The van der Waals surface area contributed by atoms with E-state index in [1.807, 2.05) is 13.8 Å². The molecule has 0 spiro atoms. The molecule has 1 aromatic heterocycles. The van der Waals surface area contributed by atoms with Gasteiger partial charge in [-0.15, -0.1) is 0 Å². The molecule has 2 nitrogen and oxygen atoms in total. The van der Waals surface area contributed by atoms with Gasteiger partial charge in [0.2, 0.25) is 0 Å². The van der Waals surface area contributed by atoms with Gasteiger partial charge in [-0.2, -0.15) is 0 Å². The standard InChI is InChI=1S/C5H4ClFN2.C2H6/c6-3-1-4(7)5(8)9-2-3;1-2/h1-2H,(H2,8,9);1-2H3. The SMILES string of the molecule is CC.Nc1ncc(Cl)cc1F. The fourth-order valence-corrected chi connectivity index (χ4v) is 0.570. The van der Waals surface area contributed by atoms with Crippen molar-refractivity contribution in [2.75, 3.05) is 5.73 Å². The van der Waals surface area contributed by atoms with Crippen molar-refractivity contribution < 1.29 is 4.39 Å². The summed E-state index contributed by atoms with van der Waals surface area (Å²) in [4.78, 5) is 3.45. The minimum Gasteiger partial charge on any atom is -0.381 e. The summed E-state index contributed by atoms with van der Waals surface area (Å²) in [5.41, 5.74) is 5.04. The van der Waals surface area contributed by atoms with E-state index < -0.39 is 5.82 Å². The summed E-state index contributed by atoms with van der Waals surface area (Å²) in [5.74, 6) is -0.707. The first kappa shape index (κ1) is 10.2. The third-order valence-corrected chi connectivity index (χ3v) is 1.04. The van der Waals surface area contributed by atoms with E-state index in [1.54, 1.807) is 0 Å². The molecule has 0 amide bonds. The lowest BCUT2D eigenvalue weighted by Crippen LogP contribution is -1.92. The van der Waals surface area contributed by atoms with Crippen LogP contribution in [0.25, 0.3) is 0 Å². The van der Waals surface area contributed by atoms with Crippen LogP contribution in [0, 0.1) is 5.82 Å². The van der Waals surface area contributed by atoms with Crippen LogP contribution in [0.4, 0.5) is 10.2 Å². The minimum atomic E-state index is -0.581. The number of nitrogens with zero attached hydrogens (tertiary/aromatic N) is 1. The first-order valence-electron chi connectivity index (χ1n) is 3.26. The number of anilines is 1. The quantitative estimate of drug-likeness (QED) is 0.660. The Balaban J connectivity index is 0.000000461. The Labute approximate surface area is 70.2 Å². The highest BCUT2D eigenvalue weighted by Gasteiger charge is 1.97. The van der Waals surface area contributed by atoms with Crippen LogP contribution in [0.5, 0.6) is 0 Å². The van der Waals surface area contributed by atoms with Crippen LogP contribution in [0.2, 0.25) is 5.02 Å². The zero-order valence-corrected chi connectivity index (χ0v) is 7.19. The van der Waals surface area contributed by atoms with Crippen molar-refractivity contribution in [2.45, 2.75) is 13.8 Å². The van der Waals surface area contributed by atoms with Crippen LogP contribution in [0.1, 0.15) is 13.8 Å². The van der Waals surface area contributed by atoms with Crippen LogP contribution in [-0.2, 0) is 0 Å². The highest BCUT2D eigenvalue weighted by Crippen LogP contribution is 2.11. The van der Waals surface area contributed by atoms with Crippen molar-refractivity contribution in [1.82, 2.24) is 4.98 Å². The first-order valence-corrected chi connectivity index (χ1v) is 3.64. The molecule has 0 atom stereocenters. The van der Waals surface area contributed by atoms with Gasteiger partial charge in [0.05, 0.1) is 5.02 Å². The van der Waals surface area contributed by atoms with Crippen LogP contribution < -0.4 is 5.73 Å². The van der Waals surface area contributed by atoms with E-state index in [0.717, 1.165) is 6.07 Å². The highest BCUT2D eigenvalue weighted by atomic mass is 35.5. The lowest BCUT2D eigenvalue weighted by atomic mass is 10.4. The molecule has 1 rings (SSSR count). The number of halogens is 2. The van der Waals surface area contributed by atoms with E-state index in [1.165, 1.54) is 6.20 Å². The zero-order chi connectivity index (χ0) is 8.85. The summed E-state index contributed by atoms with van der Waals surface area (Å²) in [6, 6.07) is 1.11. The normalized spacial score (nSPS) is 8.36. The molecule has 0 aliphatic carbocycles. The molecule has 0 aliphatic heterocycles. The molecule has 4 heteroatoms. The van der Waals surface area contributed by atoms with Crippen molar-refractivity contribution >= 4 is 17.4 Å². The average molecular weight is 177 g/mol. The summed E-state index contributed by atoms with van der Waals surface area (Å²) in [7, 11) is 0. The van der Waals surface area contributed by atoms with Gasteiger partial charge >= 0.3 is 0 Å². The average Bonchev–Trinajstić information content (AvgIpc) is 2.02. The van der Waals surface area contributed by atoms with Gasteiger partial charge in [0.1, 0.15) is 0 Å². The second kappa shape index (κ2) is 4.91. The number of pyridine rings is 1. The predicted molar refractivity (Wildman–Crippen MR) is 45.0 cm³/mol. The predicted octanol–water partition coefficient (Wildman–Crippen LogP) is 2.48. The van der Waals surface area contributed by atoms with Crippen molar-refractivity contribution in [1.29, 1.82) is 0 Å². The summed E-state index contributed by atoms with van der Waals surface area (Å²) in [5, 5.41) is 0.252. The number of hydrogen-bond acceptors (Lipinski definition) is 2. The van der Waals surface area contributed by atoms with Gasteiger partial charge in [-0.25, -0.2) is 9.37 Å². The van der Waals surface area contributed by atoms with Gasteiger partial charge in [0.15, 0.2) is 11.6 Å². The number of rotatable bonds is 0. The monoisotopic (exact) mass is 176 g/mol. The molecule has 0 saturated carbocycles. The molecule has 0 saturated heterocycles. The van der Waals surface area contributed by atoms with Gasteiger partial charge < -0.3 is 5.73 Å². The van der Waals surface area contributed by atoms with Crippen LogP contribution >= 0.6 is 11.6 Å². The lowest BCUT2D eigenvalue weighted by molar-refractivity contribution is 0.627. The summed E-state index contributed by atoms with van der Waals surface area (Å²) in [6.45, 7) is 4.00. The second-order valence-corrected chi connectivity index (χ2v) is 1.96. The fraction of sp³-hybridized carbons (Fsp3) is 0.286. The third kappa shape index (κ3) is 3.18. The zero-order valence-electron chi connectivity index (χ0n) is 6.44. The van der Waals surface area contributed by atoms with Crippen molar-refractivity contribution in [3.63, 3.8) is 0 Å². The molecular formula is C7H10ClFN2. The number of nitrogen functional groups attached to an aromatic ring is 1. The van der Waals surface area contributed by atoms with Crippen LogP contribution in [0.15, 0.2) is 12.3 Å². The molecule has 0 bridgehead atoms. The fourth-order valence-electron chi connectivity index (χ4n) is 0.425. The lowest BCUT2D eigenvalue weighted by Gasteiger charge is -1.92. The maximum atomic E-state index is 12.3. The topological polar surface area (TPSA) is 38.9 Å². The molecule has 0 unspecified atom stereocenters. The van der Waals surface area contributed by atoms with Crippen molar-refractivity contribution in [2.24, 2.45) is 0 Å². The summed E-state index contributed by atoms with van der Waals surface area (Å²) >= 11 is 5.36. The van der Waals surface area contributed by atoms with Crippen LogP contribution in [0.3, 0.4) is 0 Å². The Bertz CT molecular complexity index is 228. The van der Waals surface area contributed by atoms with E-state index in [0.29, 0.717) is 0 Å². The molecule has 0 aromatic carbocycles. The van der Waals surface area contributed by atoms with Gasteiger partial charge in [-0.3, -0.25) is 0 Å². The minimum absolute atomic E-state index is 0.126. The molecule has 2 N–H and O–H groups in total. The third-order valence-electron chi connectivity index (χ3n) is 0.836. The summed E-state index contributed by atoms with van der Waals surface area (Å²) < 4.78 is 12.3. The molecule has 0 radical (unpaired) electrons. The molecule has 62 valence electrons. The Morgan fingerprint density at radius 1 is 1.55 bits per heavy atom. The maximum Gasteiger partial charge on any atom is 0.166 e. The second-order valence-electron chi connectivity index (χ2n) is 1.52. The maximum absolute atomic E-state index is 12.3. The van der Waals surface area contributed by atoms with Gasteiger partial charge in [-0.1, -0.05) is 25.4 Å². The molecule has 1 heterocycles. The molecule has 11 heavy (non-hydrogen) atoms. The smallest absolute Gasteiger partial charge is 0.166 e. The van der Waals surface area contributed by atoms with E-state index >= 15 is 0 Å². The molecule has 0 aliphatic rings. The number of aromatic nitrogens is 1. The van der Waals surface area contributed by atoms with E-state index in [9.17, 15) is 4.39 Å². The number of hydrogen-bond donors (Lipinski definition) is 1. The van der Waals surface area contributed by atoms with Crippen molar-refractivity contribution in [3.05, 3.63) is 23.1 Å². The number of nitrogens with two attached hydrogens (primary N) is 1. The Morgan fingerprint density at radius 3 is 2.45 bits per heavy atom. The van der Waals surface area contributed by atoms with Gasteiger partial charge in [-0.05, 0) is 6.07 Å². The van der Waals surface area contributed by atoms with Gasteiger partial charge in [0.25, 0.3) is 0 Å². The Morgan fingerprint density at radius 2 is 2.09 bits per heavy atom. The van der Waals surface area contributed by atoms with E-state index in [4.69, 9.17) is 17.3 Å². The van der Waals surface area contributed by atoms with Crippen LogP contribution in [-0.4, -0.2) is 4.98 Å². The van der Waals surface area contributed by atoms with E-state index in [-0.39, 0.29) is 10.8 Å². The largest absolute Gasteiger partial charge is 0.381 e. The Hall–Kier alpha value is -0.830. The summed E-state index contributed by atoms with van der Waals surface area (Å²) in [6.07, 6.45) is 1.29. The highest BCUT2D eigenvalue weighted by molar-refractivity contribution is 6.30. The Kier molecular flexibility index (Phi) is 4.54. The van der Waals surface area contributed by atoms with Gasteiger partial charge in [0, 0.05) is 6.20 Å².